The minimum Gasteiger partial charge on any atom is -0.619 e. The summed E-state index contributed by atoms with van der Waals surface area (Å²) in [6, 6.07) is 5.53. The molecule has 0 aliphatic rings. The maximum absolute atomic E-state index is 11.0. The third kappa shape index (κ3) is 2.22. The fourth-order valence-corrected chi connectivity index (χ4v) is 1.02. The Hall–Kier alpha value is -1.05. The van der Waals surface area contributed by atoms with Crippen molar-refractivity contribution in [2.24, 2.45) is 0 Å². The van der Waals surface area contributed by atoms with Crippen LogP contribution in [0.15, 0.2) is 24.4 Å². The molecule has 60 valence electrons. The SMILES string of the molecule is CCCCc1cccc[n+]1[O-]. The molecule has 0 fully saturated rings. The molecule has 11 heavy (non-hydrogen) atoms. The minimum atomic E-state index is 0.870. The predicted octanol–water partition coefficient (Wildman–Crippen LogP) is 1.66. The van der Waals surface area contributed by atoms with Crippen molar-refractivity contribution in [3.63, 3.8) is 0 Å². The van der Waals surface area contributed by atoms with Crippen LogP contribution >= 0.6 is 0 Å². The number of unbranched alkanes of at least 4 members (excludes halogenated alkanes) is 1. The number of aromatic nitrogens is 1. The Morgan fingerprint density at radius 1 is 1.45 bits per heavy atom. The summed E-state index contributed by atoms with van der Waals surface area (Å²) in [7, 11) is 0. The fraction of sp³-hybridized carbons (Fsp3) is 0.444. The molecule has 0 N–H and O–H groups in total. The van der Waals surface area contributed by atoms with E-state index >= 15 is 0 Å². The predicted molar refractivity (Wildman–Crippen MR) is 44.0 cm³/mol. The van der Waals surface area contributed by atoms with Gasteiger partial charge in [-0.05, 0) is 6.42 Å². The molecule has 0 spiro atoms. The highest BCUT2D eigenvalue weighted by Crippen LogP contribution is 1.98. The lowest BCUT2D eigenvalue weighted by Gasteiger charge is -2.01. The van der Waals surface area contributed by atoms with E-state index in [4.69, 9.17) is 0 Å². The van der Waals surface area contributed by atoms with E-state index in [0.29, 0.717) is 0 Å². The molecule has 0 bridgehead atoms. The molecule has 0 amide bonds. The van der Waals surface area contributed by atoms with Gasteiger partial charge >= 0.3 is 0 Å². The van der Waals surface area contributed by atoms with Gasteiger partial charge in [-0.15, -0.1) is 0 Å². The second-order valence-electron chi connectivity index (χ2n) is 2.62. The summed E-state index contributed by atoms with van der Waals surface area (Å²) in [6.45, 7) is 2.12. The van der Waals surface area contributed by atoms with Gasteiger partial charge in [0.15, 0.2) is 11.9 Å². The van der Waals surface area contributed by atoms with Gasteiger partial charge in [0, 0.05) is 18.6 Å². The van der Waals surface area contributed by atoms with Crippen molar-refractivity contribution in [3.8, 4) is 0 Å². The van der Waals surface area contributed by atoms with Gasteiger partial charge in [-0.3, -0.25) is 0 Å². The van der Waals surface area contributed by atoms with Gasteiger partial charge in [0.25, 0.3) is 0 Å². The summed E-state index contributed by atoms with van der Waals surface area (Å²) in [5.74, 6) is 0. The lowest BCUT2D eigenvalue weighted by Crippen LogP contribution is -2.30. The molecule has 0 radical (unpaired) electrons. The minimum absolute atomic E-state index is 0.870. The Morgan fingerprint density at radius 3 is 2.91 bits per heavy atom. The molecular formula is C9H13NO. The zero-order chi connectivity index (χ0) is 8.10. The first-order valence-electron chi connectivity index (χ1n) is 4.01. The zero-order valence-corrected chi connectivity index (χ0v) is 6.79. The lowest BCUT2D eigenvalue weighted by atomic mass is 10.2. The van der Waals surface area contributed by atoms with Crippen LogP contribution in [0.2, 0.25) is 0 Å². The molecule has 1 aromatic heterocycles. The topological polar surface area (TPSA) is 26.9 Å². The van der Waals surface area contributed by atoms with Gasteiger partial charge in [-0.2, -0.15) is 4.73 Å². The van der Waals surface area contributed by atoms with Crippen molar-refractivity contribution in [1.29, 1.82) is 0 Å². The quantitative estimate of drug-likeness (QED) is 0.476. The Morgan fingerprint density at radius 2 is 2.27 bits per heavy atom. The number of hydrogen-bond acceptors (Lipinski definition) is 1. The second-order valence-corrected chi connectivity index (χ2v) is 2.62. The van der Waals surface area contributed by atoms with E-state index in [2.05, 4.69) is 6.92 Å². The van der Waals surface area contributed by atoms with Gasteiger partial charge in [0.2, 0.25) is 0 Å². The van der Waals surface area contributed by atoms with E-state index in [9.17, 15) is 5.21 Å². The maximum atomic E-state index is 11.0. The zero-order valence-electron chi connectivity index (χ0n) is 6.79. The van der Waals surface area contributed by atoms with Crippen LogP contribution in [-0.4, -0.2) is 0 Å². The number of nitrogens with zero attached hydrogens (tertiary/aromatic N) is 1. The van der Waals surface area contributed by atoms with Gasteiger partial charge in [-0.25, -0.2) is 0 Å². The number of rotatable bonds is 3. The van der Waals surface area contributed by atoms with Crippen molar-refractivity contribution in [2.45, 2.75) is 26.2 Å². The number of aryl methyl sites for hydroxylation is 1. The molecule has 0 aliphatic heterocycles. The van der Waals surface area contributed by atoms with E-state index in [0.717, 1.165) is 29.7 Å². The molecule has 0 saturated carbocycles. The standard InChI is InChI=1S/C9H13NO/c1-2-3-6-9-7-4-5-8-10(9)11/h4-5,7-8H,2-3,6H2,1H3. The maximum Gasteiger partial charge on any atom is 0.192 e. The Balaban J connectivity index is 2.62. The molecule has 0 aromatic carbocycles. The number of pyridine rings is 1. The lowest BCUT2D eigenvalue weighted by molar-refractivity contribution is -0.614. The Labute approximate surface area is 67.1 Å². The molecule has 1 rings (SSSR count). The monoisotopic (exact) mass is 151 g/mol. The van der Waals surface area contributed by atoms with E-state index in [1.54, 1.807) is 12.3 Å². The molecule has 0 saturated heterocycles. The van der Waals surface area contributed by atoms with Crippen LogP contribution in [0.5, 0.6) is 0 Å². The molecule has 0 unspecified atom stereocenters. The van der Waals surface area contributed by atoms with Crippen molar-refractivity contribution < 1.29 is 4.73 Å². The van der Waals surface area contributed by atoms with Gasteiger partial charge in [-0.1, -0.05) is 19.4 Å². The molecule has 0 atom stereocenters. The van der Waals surface area contributed by atoms with Crippen LogP contribution in [-0.2, 0) is 6.42 Å². The first-order valence-corrected chi connectivity index (χ1v) is 4.01. The first kappa shape index (κ1) is 8.05. The molecule has 2 nitrogen and oxygen atoms in total. The molecule has 0 aliphatic carbocycles. The smallest absolute Gasteiger partial charge is 0.192 e. The fourth-order valence-electron chi connectivity index (χ4n) is 1.02. The Kier molecular flexibility index (Phi) is 2.90. The molecule has 1 heterocycles. The van der Waals surface area contributed by atoms with Crippen LogP contribution in [0.3, 0.4) is 0 Å². The first-order chi connectivity index (χ1) is 5.34. The van der Waals surface area contributed by atoms with Crippen LogP contribution in [0.4, 0.5) is 0 Å². The summed E-state index contributed by atoms with van der Waals surface area (Å²) >= 11 is 0. The Bertz CT molecular complexity index is 223. The van der Waals surface area contributed by atoms with E-state index in [1.807, 2.05) is 12.1 Å². The van der Waals surface area contributed by atoms with E-state index in [1.165, 1.54) is 0 Å². The third-order valence-electron chi connectivity index (χ3n) is 1.69. The highest BCUT2D eigenvalue weighted by atomic mass is 16.5. The van der Waals surface area contributed by atoms with Crippen molar-refractivity contribution in [3.05, 3.63) is 35.3 Å². The average molecular weight is 151 g/mol. The highest BCUT2D eigenvalue weighted by Gasteiger charge is 2.00. The number of hydrogen-bond donors (Lipinski definition) is 0. The summed E-state index contributed by atoms with van der Waals surface area (Å²) in [5.41, 5.74) is 0.870. The molecule has 2 heteroatoms. The van der Waals surface area contributed by atoms with Crippen LogP contribution in [0, 0.1) is 5.21 Å². The van der Waals surface area contributed by atoms with E-state index < -0.39 is 0 Å². The van der Waals surface area contributed by atoms with Crippen LogP contribution in [0.25, 0.3) is 0 Å². The van der Waals surface area contributed by atoms with Crippen molar-refractivity contribution in [2.75, 3.05) is 0 Å². The van der Waals surface area contributed by atoms with Crippen molar-refractivity contribution in [1.82, 2.24) is 0 Å². The molecular weight excluding hydrogens is 138 g/mol. The average Bonchev–Trinajstić information content (AvgIpc) is 2.03. The third-order valence-corrected chi connectivity index (χ3v) is 1.69. The highest BCUT2D eigenvalue weighted by molar-refractivity contribution is 4.97. The van der Waals surface area contributed by atoms with Gasteiger partial charge in [0.1, 0.15) is 0 Å². The largest absolute Gasteiger partial charge is 0.619 e. The van der Waals surface area contributed by atoms with Gasteiger partial charge in [0.05, 0.1) is 0 Å². The summed E-state index contributed by atoms with van der Waals surface area (Å²) in [6.07, 6.45) is 4.66. The normalized spacial score (nSPS) is 9.91. The second kappa shape index (κ2) is 3.96. The summed E-state index contributed by atoms with van der Waals surface area (Å²) < 4.78 is 0.940. The van der Waals surface area contributed by atoms with E-state index in [-0.39, 0.29) is 0 Å². The van der Waals surface area contributed by atoms with Gasteiger partial charge < -0.3 is 5.21 Å². The summed E-state index contributed by atoms with van der Waals surface area (Å²) in [5, 5.41) is 11.0. The van der Waals surface area contributed by atoms with Crippen molar-refractivity contribution >= 4 is 0 Å². The van der Waals surface area contributed by atoms with Crippen LogP contribution in [0.1, 0.15) is 25.5 Å². The summed E-state index contributed by atoms with van der Waals surface area (Å²) in [4.78, 5) is 0. The van der Waals surface area contributed by atoms with Crippen LogP contribution < -0.4 is 4.73 Å². The molecule has 1 aromatic rings.